The topological polar surface area (TPSA) is 49.6 Å². The van der Waals surface area contributed by atoms with Crippen molar-refractivity contribution in [2.75, 3.05) is 25.5 Å². The molecule has 0 radical (unpaired) electrons. The second kappa shape index (κ2) is 8.64. The zero-order valence-electron chi connectivity index (χ0n) is 16.0. The fourth-order valence-electron chi connectivity index (χ4n) is 3.06. The molecule has 0 fully saturated rings. The molecular formula is C22H25N3O2. The van der Waals surface area contributed by atoms with Crippen LogP contribution in [0.1, 0.15) is 12.5 Å². The standard InChI is InChI=1S/C22H25N3O2/c1-17(15-24(2)3)22(26)25(16-18-10-6-4-7-11-18)21-14-20(23-27-21)19-12-8-5-9-13-19/h4-14,17H,15-16H2,1-3H3. The highest BCUT2D eigenvalue weighted by molar-refractivity contribution is 5.94. The molecule has 0 saturated carbocycles. The lowest BCUT2D eigenvalue weighted by Crippen LogP contribution is -2.38. The van der Waals surface area contributed by atoms with Crippen LogP contribution in [0.5, 0.6) is 0 Å². The van der Waals surface area contributed by atoms with Crippen LogP contribution >= 0.6 is 0 Å². The van der Waals surface area contributed by atoms with Crippen LogP contribution in [0.15, 0.2) is 71.3 Å². The molecule has 140 valence electrons. The molecule has 1 unspecified atom stereocenters. The highest BCUT2D eigenvalue weighted by Gasteiger charge is 2.26. The van der Waals surface area contributed by atoms with Gasteiger partial charge in [-0.2, -0.15) is 0 Å². The summed E-state index contributed by atoms with van der Waals surface area (Å²) in [6.07, 6.45) is 0. The first-order chi connectivity index (χ1) is 13.0. The lowest BCUT2D eigenvalue weighted by atomic mass is 10.1. The van der Waals surface area contributed by atoms with E-state index in [4.69, 9.17) is 4.52 Å². The Balaban J connectivity index is 1.89. The number of nitrogens with zero attached hydrogens (tertiary/aromatic N) is 3. The normalized spacial score (nSPS) is 12.1. The van der Waals surface area contributed by atoms with Crippen LogP contribution in [0.4, 0.5) is 5.88 Å². The van der Waals surface area contributed by atoms with E-state index in [2.05, 4.69) is 5.16 Å². The Morgan fingerprint density at radius 1 is 1.04 bits per heavy atom. The first-order valence-corrected chi connectivity index (χ1v) is 9.07. The number of benzene rings is 2. The van der Waals surface area contributed by atoms with E-state index in [1.165, 1.54) is 0 Å². The minimum Gasteiger partial charge on any atom is -0.338 e. The summed E-state index contributed by atoms with van der Waals surface area (Å²) in [6.45, 7) is 3.06. The molecule has 2 aromatic carbocycles. The second-order valence-corrected chi connectivity index (χ2v) is 6.99. The van der Waals surface area contributed by atoms with Crippen LogP contribution in [-0.2, 0) is 11.3 Å². The van der Waals surface area contributed by atoms with Gasteiger partial charge in [-0.25, -0.2) is 0 Å². The molecule has 5 nitrogen and oxygen atoms in total. The Morgan fingerprint density at radius 2 is 1.67 bits per heavy atom. The predicted molar refractivity (Wildman–Crippen MR) is 107 cm³/mol. The van der Waals surface area contributed by atoms with Crippen molar-refractivity contribution in [1.29, 1.82) is 0 Å². The monoisotopic (exact) mass is 363 g/mol. The molecule has 1 amide bonds. The highest BCUT2D eigenvalue weighted by atomic mass is 16.5. The summed E-state index contributed by atoms with van der Waals surface area (Å²) in [5.41, 5.74) is 2.72. The third kappa shape index (κ3) is 4.83. The quantitative estimate of drug-likeness (QED) is 0.635. The van der Waals surface area contributed by atoms with E-state index < -0.39 is 0 Å². The molecule has 1 aromatic heterocycles. The molecule has 27 heavy (non-hydrogen) atoms. The second-order valence-electron chi connectivity index (χ2n) is 6.99. The fraction of sp³-hybridized carbons (Fsp3) is 0.273. The van der Waals surface area contributed by atoms with Crippen LogP contribution in [0.25, 0.3) is 11.3 Å². The van der Waals surface area contributed by atoms with E-state index in [0.29, 0.717) is 19.0 Å². The van der Waals surface area contributed by atoms with Gasteiger partial charge in [-0.1, -0.05) is 72.7 Å². The van der Waals surface area contributed by atoms with Gasteiger partial charge < -0.3 is 9.42 Å². The van der Waals surface area contributed by atoms with E-state index in [1.54, 1.807) is 4.90 Å². The van der Waals surface area contributed by atoms with E-state index in [0.717, 1.165) is 16.8 Å². The van der Waals surface area contributed by atoms with Crippen molar-refractivity contribution in [3.05, 3.63) is 72.3 Å². The lowest BCUT2D eigenvalue weighted by molar-refractivity contribution is -0.122. The lowest BCUT2D eigenvalue weighted by Gasteiger charge is -2.24. The van der Waals surface area contributed by atoms with Gasteiger partial charge in [-0.05, 0) is 19.7 Å². The van der Waals surface area contributed by atoms with E-state index in [9.17, 15) is 4.79 Å². The van der Waals surface area contributed by atoms with Gasteiger partial charge in [-0.15, -0.1) is 0 Å². The maximum atomic E-state index is 13.1. The fourth-order valence-corrected chi connectivity index (χ4v) is 3.06. The molecule has 0 spiro atoms. The van der Waals surface area contributed by atoms with Crippen LogP contribution in [0.3, 0.4) is 0 Å². The van der Waals surface area contributed by atoms with E-state index in [-0.39, 0.29) is 11.8 Å². The number of hydrogen-bond acceptors (Lipinski definition) is 4. The SMILES string of the molecule is CC(CN(C)C)C(=O)N(Cc1ccccc1)c1cc(-c2ccccc2)no1. The maximum Gasteiger partial charge on any atom is 0.234 e. The van der Waals surface area contributed by atoms with Gasteiger partial charge in [0.05, 0.1) is 6.54 Å². The largest absolute Gasteiger partial charge is 0.338 e. The molecule has 5 heteroatoms. The average Bonchev–Trinajstić information content (AvgIpc) is 3.16. The molecule has 0 bridgehead atoms. The molecule has 3 rings (SSSR count). The summed E-state index contributed by atoms with van der Waals surface area (Å²) in [5.74, 6) is 0.325. The van der Waals surface area contributed by atoms with Crippen molar-refractivity contribution in [3.63, 3.8) is 0 Å². The third-order valence-corrected chi connectivity index (χ3v) is 4.34. The van der Waals surface area contributed by atoms with E-state index in [1.807, 2.05) is 92.6 Å². The number of carbonyl (C=O) groups excluding carboxylic acids is 1. The van der Waals surface area contributed by atoms with Gasteiger partial charge in [-0.3, -0.25) is 9.69 Å². The first kappa shape index (κ1) is 18.9. The Labute approximate surface area is 160 Å². The van der Waals surface area contributed by atoms with Crippen molar-refractivity contribution in [3.8, 4) is 11.3 Å². The summed E-state index contributed by atoms with van der Waals surface area (Å²) in [6, 6.07) is 21.6. The number of hydrogen-bond donors (Lipinski definition) is 0. The van der Waals surface area contributed by atoms with E-state index >= 15 is 0 Å². The highest BCUT2D eigenvalue weighted by Crippen LogP contribution is 2.26. The van der Waals surface area contributed by atoms with Gasteiger partial charge in [0.1, 0.15) is 5.69 Å². The molecule has 0 aliphatic carbocycles. The molecule has 1 atom stereocenters. The summed E-state index contributed by atoms with van der Waals surface area (Å²) < 4.78 is 5.57. The Hall–Kier alpha value is -2.92. The van der Waals surface area contributed by atoms with Crippen LogP contribution in [0.2, 0.25) is 0 Å². The maximum absolute atomic E-state index is 13.1. The van der Waals surface area contributed by atoms with Gasteiger partial charge in [0.2, 0.25) is 11.8 Å². The van der Waals surface area contributed by atoms with Crippen molar-refractivity contribution in [2.45, 2.75) is 13.5 Å². The molecule has 3 aromatic rings. The number of aromatic nitrogens is 1. The van der Waals surface area contributed by atoms with Gasteiger partial charge in [0.25, 0.3) is 0 Å². The molecule has 1 heterocycles. The number of amides is 1. The van der Waals surface area contributed by atoms with Gasteiger partial charge in [0, 0.05) is 24.1 Å². The Kier molecular flexibility index (Phi) is 6.04. The number of rotatable bonds is 7. The molecule has 0 saturated heterocycles. The Morgan fingerprint density at radius 3 is 2.30 bits per heavy atom. The van der Waals surface area contributed by atoms with Crippen LogP contribution in [-0.4, -0.2) is 36.6 Å². The first-order valence-electron chi connectivity index (χ1n) is 9.07. The van der Waals surface area contributed by atoms with Gasteiger partial charge in [0.15, 0.2) is 0 Å². The summed E-state index contributed by atoms with van der Waals surface area (Å²) in [5, 5.41) is 4.17. The molecular weight excluding hydrogens is 338 g/mol. The van der Waals surface area contributed by atoms with Crippen molar-refractivity contribution >= 4 is 11.8 Å². The number of anilines is 1. The minimum atomic E-state index is -0.158. The van der Waals surface area contributed by atoms with Crippen LogP contribution in [0, 0.1) is 5.92 Å². The molecule has 0 aliphatic heterocycles. The minimum absolute atomic E-state index is 0.0170. The van der Waals surface area contributed by atoms with Crippen LogP contribution < -0.4 is 4.90 Å². The average molecular weight is 363 g/mol. The summed E-state index contributed by atoms with van der Waals surface area (Å²) in [4.78, 5) is 16.8. The summed E-state index contributed by atoms with van der Waals surface area (Å²) in [7, 11) is 3.93. The zero-order chi connectivity index (χ0) is 19.2. The van der Waals surface area contributed by atoms with Crippen molar-refractivity contribution in [2.24, 2.45) is 5.92 Å². The van der Waals surface area contributed by atoms with Crippen molar-refractivity contribution < 1.29 is 9.32 Å². The zero-order valence-corrected chi connectivity index (χ0v) is 16.0. The predicted octanol–water partition coefficient (Wildman–Crippen LogP) is 4.07. The molecule has 0 N–H and O–H groups in total. The third-order valence-electron chi connectivity index (χ3n) is 4.34. The van der Waals surface area contributed by atoms with Crippen molar-refractivity contribution in [1.82, 2.24) is 10.1 Å². The van der Waals surface area contributed by atoms with Gasteiger partial charge >= 0.3 is 0 Å². The smallest absolute Gasteiger partial charge is 0.234 e. The number of carbonyl (C=O) groups is 1. The molecule has 0 aliphatic rings. The Bertz CT molecular complexity index is 860. The summed E-state index contributed by atoms with van der Waals surface area (Å²) >= 11 is 0.